The summed E-state index contributed by atoms with van der Waals surface area (Å²) in [5.41, 5.74) is 2.57. The van der Waals surface area contributed by atoms with E-state index in [1.807, 2.05) is 36.6 Å². The van der Waals surface area contributed by atoms with Gasteiger partial charge in [0.25, 0.3) is 0 Å². The monoisotopic (exact) mass is 519 g/mol. The van der Waals surface area contributed by atoms with Crippen molar-refractivity contribution in [2.24, 2.45) is 5.92 Å². The number of hydrogen-bond donors (Lipinski definition) is 1. The molecule has 0 atom stereocenters. The molecule has 2 heterocycles. The summed E-state index contributed by atoms with van der Waals surface area (Å²) in [6, 6.07) is 14.3. The fraction of sp³-hybridized carbons (Fsp3) is 0.273. The number of nitrogens with zero attached hydrogens (tertiary/aromatic N) is 2. The van der Waals surface area contributed by atoms with Crippen LogP contribution in [0.1, 0.15) is 17.8 Å². The summed E-state index contributed by atoms with van der Waals surface area (Å²) in [6.45, 7) is 2.62. The Bertz CT molecular complexity index is 1180. The molecule has 162 valence electrons. The molecule has 0 spiro atoms. The van der Waals surface area contributed by atoms with Gasteiger partial charge >= 0.3 is 0 Å². The molecule has 4 rings (SSSR count). The van der Waals surface area contributed by atoms with Crippen LogP contribution < -0.4 is 5.32 Å². The zero-order chi connectivity index (χ0) is 22.0. The zero-order valence-electron chi connectivity index (χ0n) is 16.9. The van der Waals surface area contributed by atoms with E-state index in [1.54, 1.807) is 35.6 Å². The number of aryl methyl sites for hydroxylation is 1. The Labute approximate surface area is 194 Å². The fourth-order valence-corrected chi connectivity index (χ4v) is 5.97. The summed E-state index contributed by atoms with van der Waals surface area (Å²) in [5, 5.41) is 5.98. The van der Waals surface area contributed by atoms with Crippen LogP contribution in [-0.2, 0) is 14.8 Å². The molecule has 1 N–H and O–H groups in total. The number of benzene rings is 2. The summed E-state index contributed by atoms with van der Waals surface area (Å²) in [4.78, 5) is 17.5. The SMILES string of the molecule is Cc1nc(-c2cccc(NC(=O)C3CCN(S(=O)(=O)c4ccc(Br)cc4)CC3)c2)cs1. The number of aromatic nitrogens is 1. The molecule has 1 amide bonds. The van der Waals surface area contributed by atoms with E-state index in [2.05, 4.69) is 26.2 Å². The van der Waals surface area contributed by atoms with Crippen LogP contribution >= 0.6 is 27.3 Å². The van der Waals surface area contributed by atoms with Crippen molar-refractivity contribution < 1.29 is 13.2 Å². The third-order valence-electron chi connectivity index (χ3n) is 5.32. The van der Waals surface area contributed by atoms with Crippen molar-refractivity contribution in [2.45, 2.75) is 24.7 Å². The maximum Gasteiger partial charge on any atom is 0.243 e. The Balaban J connectivity index is 1.38. The van der Waals surface area contributed by atoms with E-state index in [1.165, 1.54) is 4.31 Å². The predicted octanol–water partition coefficient (Wildman–Crippen LogP) is 4.92. The van der Waals surface area contributed by atoms with Gasteiger partial charge in [-0.05, 0) is 56.2 Å². The molecular formula is C22H22BrN3O3S2. The molecule has 0 aliphatic carbocycles. The molecule has 3 aromatic rings. The molecule has 0 radical (unpaired) electrons. The minimum Gasteiger partial charge on any atom is -0.326 e. The molecule has 0 saturated carbocycles. The second-order valence-corrected chi connectivity index (χ2v) is 11.4. The fourth-order valence-electron chi connectivity index (χ4n) is 3.61. The number of carbonyl (C=O) groups is 1. The lowest BCUT2D eigenvalue weighted by Crippen LogP contribution is -2.41. The first-order valence-electron chi connectivity index (χ1n) is 9.92. The van der Waals surface area contributed by atoms with Gasteiger partial charge in [0, 0.05) is 40.1 Å². The summed E-state index contributed by atoms with van der Waals surface area (Å²) < 4.78 is 28.0. The highest BCUT2D eigenvalue weighted by Crippen LogP contribution is 2.27. The largest absolute Gasteiger partial charge is 0.326 e. The maximum absolute atomic E-state index is 12.8. The van der Waals surface area contributed by atoms with Crippen LogP contribution in [0.4, 0.5) is 5.69 Å². The van der Waals surface area contributed by atoms with Gasteiger partial charge < -0.3 is 5.32 Å². The Morgan fingerprint density at radius 1 is 1.16 bits per heavy atom. The number of halogens is 1. The van der Waals surface area contributed by atoms with Crippen molar-refractivity contribution in [3.8, 4) is 11.3 Å². The van der Waals surface area contributed by atoms with Gasteiger partial charge in [0.05, 0.1) is 15.6 Å². The molecule has 9 heteroatoms. The van der Waals surface area contributed by atoms with E-state index >= 15 is 0 Å². The molecule has 1 aliphatic rings. The number of nitrogens with one attached hydrogen (secondary N) is 1. The summed E-state index contributed by atoms with van der Waals surface area (Å²) in [6.07, 6.45) is 0.985. The number of amides is 1. The second-order valence-electron chi connectivity index (χ2n) is 7.45. The van der Waals surface area contributed by atoms with Crippen LogP contribution in [0.2, 0.25) is 0 Å². The number of thiazole rings is 1. The average molecular weight is 520 g/mol. The first-order valence-corrected chi connectivity index (χ1v) is 13.0. The van der Waals surface area contributed by atoms with Crippen LogP contribution in [-0.4, -0.2) is 36.7 Å². The number of rotatable bonds is 5. The number of piperidine rings is 1. The topological polar surface area (TPSA) is 79.4 Å². The van der Waals surface area contributed by atoms with Crippen molar-refractivity contribution in [2.75, 3.05) is 18.4 Å². The van der Waals surface area contributed by atoms with Gasteiger partial charge in [-0.1, -0.05) is 28.1 Å². The quantitative estimate of drug-likeness (QED) is 0.518. The molecule has 31 heavy (non-hydrogen) atoms. The molecule has 1 saturated heterocycles. The normalized spacial score (nSPS) is 15.7. The van der Waals surface area contributed by atoms with Crippen molar-refractivity contribution in [1.82, 2.24) is 9.29 Å². The molecule has 6 nitrogen and oxygen atoms in total. The first kappa shape index (κ1) is 22.1. The standard InChI is InChI=1S/C22H22BrN3O3S2/c1-15-24-21(14-30-15)17-3-2-4-19(13-17)25-22(27)16-9-11-26(12-10-16)31(28,29)20-7-5-18(23)6-8-20/h2-8,13-14,16H,9-12H2,1H3,(H,25,27). The highest BCUT2D eigenvalue weighted by Gasteiger charge is 2.32. The zero-order valence-corrected chi connectivity index (χ0v) is 20.1. The number of sulfonamides is 1. The smallest absolute Gasteiger partial charge is 0.243 e. The third kappa shape index (κ3) is 5.06. The van der Waals surface area contributed by atoms with Gasteiger partial charge in [0.2, 0.25) is 15.9 Å². The van der Waals surface area contributed by atoms with E-state index in [4.69, 9.17) is 0 Å². The van der Waals surface area contributed by atoms with Crippen LogP contribution in [0.25, 0.3) is 11.3 Å². The number of hydrogen-bond acceptors (Lipinski definition) is 5. The third-order valence-corrected chi connectivity index (χ3v) is 8.54. The lowest BCUT2D eigenvalue weighted by atomic mass is 9.97. The highest BCUT2D eigenvalue weighted by atomic mass is 79.9. The summed E-state index contributed by atoms with van der Waals surface area (Å²) >= 11 is 4.91. The van der Waals surface area contributed by atoms with E-state index in [9.17, 15) is 13.2 Å². The molecule has 1 fully saturated rings. The molecule has 1 aromatic heterocycles. The minimum absolute atomic E-state index is 0.0766. The molecule has 0 unspecified atom stereocenters. The van der Waals surface area contributed by atoms with E-state index < -0.39 is 10.0 Å². The van der Waals surface area contributed by atoms with Gasteiger partial charge in [-0.15, -0.1) is 11.3 Å². The second kappa shape index (κ2) is 9.20. The highest BCUT2D eigenvalue weighted by molar-refractivity contribution is 9.10. The maximum atomic E-state index is 12.8. The summed E-state index contributed by atoms with van der Waals surface area (Å²) in [5.74, 6) is -0.297. The molecule has 2 aromatic carbocycles. The van der Waals surface area contributed by atoms with E-state index in [-0.39, 0.29) is 16.7 Å². The van der Waals surface area contributed by atoms with Gasteiger partial charge in [-0.25, -0.2) is 13.4 Å². The van der Waals surface area contributed by atoms with Crippen LogP contribution in [0.15, 0.2) is 63.3 Å². The van der Waals surface area contributed by atoms with Crippen LogP contribution in [0.5, 0.6) is 0 Å². The van der Waals surface area contributed by atoms with Crippen molar-refractivity contribution in [3.63, 3.8) is 0 Å². The van der Waals surface area contributed by atoms with Crippen LogP contribution in [0.3, 0.4) is 0 Å². The van der Waals surface area contributed by atoms with E-state index in [0.717, 1.165) is 26.4 Å². The van der Waals surface area contributed by atoms with Crippen molar-refractivity contribution >= 4 is 48.9 Å². The van der Waals surface area contributed by atoms with Crippen molar-refractivity contribution in [1.29, 1.82) is 0 Å². The lowest BCUT2D eigenvalue weighted by molar-refractivity contribution is -0.120. The number of anilines is 1. The van der Waals surface area contributed by atoms with Crippen LogP contribution in [0, 0.1) is 12.8 Å². The Kier molecular flexibility index (Phi) is 6.57. The molecule has 0 bridgehead atoms. The Morgan fingerprint density at radius 3 is 2.52 bits per heavy atom. The van der Waals surface area contributed by atoms with Gasteiger partial charge in [0.1, 0.15) is 0 Å². The van der Waals surface area contributed by atoms with E-state index in [0.29, 0.717) is 25.9 Å². The molecular weight excluding hydrogens is 498 g/mol. The first-order chi connectivity index (χ1) is 14.8. The van der Waals surface area contributed by atoms with Gasteiger partial charge in [0.15, 0.2) is 0 Å². The van der Waals surface area contributed by atoms with Gasteiger partial charge in [-0.3, -0.25) is 4.79 Å². The number of carbonyl (C=O) groups excluding carboxylic acids is 1. The predicted molar refractivity (Wildman–Crippen MR) is 127 cm³/mol. The lowest BCUT2D eigenvalue weighted by Gasteiger charge is -2.30. The van der Waals surface area contributed by atoms with Gasteiger partial charge in [-0.2, -0.15) is 4.31 Å². The van der Waals surface area contributed by atoms with Crippen molar-refractivity contribution in [3.05, 3.63) is 63.4 Å². The molecule has 1 aliphatic heterocycles. The Morgan fingerprint density at radius 2 is 1.87 bits per heavy atom. The Hall–Kier alpha value is -2.07. The minimum atomic E-state index is -3.55. The summed E-state index contributed by atoms with van der Waals surface area (Å²) in [7, 11) is -3.55. The average Bonchev–Trinajstić information content (AvgIpc) is 3.21.